The molecule has 1 aliphatic heterocycles. The van der Waals surface area contributed by atoms with Gasteiger partial charge in [-0.1, -0.05) is 11.6 Å². The van der Waals surface area contributed by atoms with Crippen LogP contribution < -0.4 is 0 Å². The van der Waals surface area contributed by atoms with Crippen molar-refractivity contribution in [1.82, 2.24) is 4.31 Å². The zero-order valence-electron chi connectivity index (χ0n) is 11.4. The summed E-state index contributed by atoms with van der Waals surface area (Å²) in [5.74, 6) is 0. The molecular formula is C13H18ClNO4S. The van der Waals surface area contributed by atoms with Crippen LogP contribution in [0.15, 0.2) is 23.1 Å². The summed E-state index contributed by atoms with van der Waals surface area (Å²) in [4.78, 5) is 0.146. The number of benzene rings is 1. The van der Waals surface area contributed by atoms with E-state index in [1.807, 2.05) is 13.8 Å². The van der Waals surface area contributed by atoms with Crippen LogP contribution in [0.1, 0.15) is 19.4 Å². The van der Waals surface area contributed by atoms with Gasteiger partial charge in [-0.25, -0.2) is 8.42 Å². The van der Waals surface area contributed by atoms with Gasteiger partial charge in [0.1, 0.15) is 0 Å². The van der Waals surface area contributed by atoms with Crippen molar-refractivity contribution in [3.05, 3.63) is 28.8 Å². The van der Waals surface area contributed by atoms with Gasteiger partial charge in [0, 0.05) is 18.1 Å². The highest BCUT2D eigenvalue weighted by atomic mass is 35.5. The largest absolute Gasteiger partial charge is 0.392 e. The van der Waals surface area contributed by atoms with E-state index in [2.05, 4.69) is 0 Å². The molecule has 1 N–H and O–H groups in total. The molecule has 1 aliphatic rings. The highest BCUT2D eigenvalue weighted by molar-refractivity contribution is 7.89. The van der Waals surface area contributed by atoms with E-state index in [-0.39, 0.29) is 23.7 Å². The number of halogens is 1. The fraction of sp³-hybridized carbons (Fsp3) is 0.538. The Hall–Kier alpha value is -0.660. The van der Waals surface area contributed by atoms with Crippen LogP contribution in [0, 0.1) is 0 Å². The quantitative estimate of drug-likeness (QED) is 0.919. The lowest BCUT2D eigenvalue weighted by Gasteiger charge is -2.34. The van der Waals surface area contributed by atoms with E-state index in [9.17, 15) is 13.5 Å². The molecule has 1 aromatic rings. The fourth-order valence-electron chi connectivity index (χ4n) is 2.31. The van der Waals surface area contributed by atoms with Gasteiger partial charge in [-0.2, -0.15) is 4.31 Å². The third kappa shape index (κ3) is 3.15. The Kier molecular flexibility index (Phi) is 4.71. The maximum atomic E-state index is 12.6. The number of aliphatic hydroxyl groups is 1. The predicted octanol–water partition coefficient (Wildman–Crippen LogP) is 1.63. The summed E-state index contributed by atoms with van der Waals surface area (Å²) >= 11 is 5.89. The first-order valence-corrected chi connectivity index (χ1v) is 8.21. The van der Waals surface area contributed by atoms with Crippen molar-refractivity contribution in [2.45, 2.75) is 37.6 Å². The molecule has 2 unspecified atom stereocenters. The smallest absolute Gasteiger partial charge is 0.243 e. The Labute approximate surface area is 124 Å². The van der Waals surface area contributed by atoms with Crippen molar-refractivity contribution in [3.8, 4) is 0 Å². The molecular weight excluding hydrogens is 302 g/mol. The first kappa shape index (κ1) is 15.7. The number of nitrogens with zero attached hydrogens (tertiary/aromatic N) is 1. The zero-order chi connectivity index (χ0) is 14.9. The molecule has 0 aromatic heterocycles. The molecule has 0 aliphatic carbocycles. The third-order valence-corrected chi connectivity index (χ3v) is 5.41. The van der Waals surface area contributed by atoms with E-state index in [1.54, 1.807) is 0 Å². The van der Waals surface area contributed by atoms with E-state index >= 15 is 0 Å². The Morgan fingerprint density at radius 3 is 2.50 bits per heavy atom. The number of ether oxygens (including phenoxy) is 1. The summed E-state index contributed by atoms with van der Waals surface area (Å²) < 4.78 is 32.2. The SMILES string of the molecule is CC1CN(S(=O)(=O)c2ccc(Cl)c(CO)c2)CC(C)O1. The summed E-state index contributed by atoms with van der Waals surface area (Å²) in [7, 11) is -3.59. The molecule has 0 saturated carbocycles. The number of sulfonamides is 1. The van der Waals surface area contributed by atoms with Gasteiger partial charge in [0.15, 0.2) is 0 Å². The van der Waals surface area contributed by atoms with Gasteiger partial charge in [0.25, 0.3) is 0 Å². The minimum Gasteiger partial charge on any atom is -0.392 e. The monoisotopic (exact) mass is 319 g/mol. The molecule has 1 aromatic carbocycles. The first-order chi connectivity index (χ1) is 9.34. The third-order valence-electron chi connectivity index (χ3n) is 3.21. The molecule has 2 atom stereocenters. The summed E-state index contributed by atoms with van der Waals surface area (Å²) in [6.07, 6.45) is -0.281. The number of aliphatic hydroxyl groups excluding tert-OH is 1. The maximum Gasteiger partial charge on any atom is 0.243 e. The molecule has 7 heteroatoms. The molecule has 1 saturated heterocycles. The second-order valence-corrected chi connectivity index (χ2v) is 7.34. The number of morpholine rings is 1. The first-order valence-electron chi connectivity index (χ1n) is 6.39. The van der Waals surface area contributed by atoms with Gasteiger partial charge in [-0.05, 0) is 37.6 Å². The fourth-order valence-corrected chi connectivity index (χ4v) is 4.13. The molecule has 0 bridgehead atoms. The average molecular weight is 320 g/mol. The Bertz CT molecular complexity index is 580. The van der Waals surface area contributed by atoms with Gasteiger partial charge >= 0.3 is 0 Å². The Morgan fingerprint density at radius 1 is 1.35 bits per heavy atom. The Morgan fingerprint density at radius 2 is 1.95 bits per heavy atom. The van der Waals surface area contributed by atoms with Crippen molar-refractivity contribution in [2.75, 3.05) is 13.1 Å². The topological polar surface area (TPSA) is 66.8 Å². The van der Waals surface area contributed by atoms with E-state index < -0.39 is 10.0 Å². The minimum atomic E-state index is -3.59. The van der Waals surface area contributed by atoms with Crippen LogP contribution in [0.25, 0.3) is 0 Å². The minimum absolute atomic E-state index is 0.141. The van der Waals surface area contributed by atoms with Crippen LogP contribution in [0.2, 0.25) is 5.02 Å². The summed E-state index contributed by atoms with van der Waals surface area (Å²) in [5, 5.41) is 9.55. The highest BCUT2D eigenvalue weighted by Gasteiger charge is 2.32. The van der Waals surface area contributed by atoms with Crippen LogP contribution in [0.5, 0.6) is 0 Å². The van der Waals surface area contributed by atoms with E-state index in [1.165, 1.54) is 22.5 Å². The molecule has 0 spiro atoms. The number of hydrogen-bond acceptors (Lipinski definition) is 4. The van der Waals surface area contributed by atoms with Crippen molar-refractivity contribution in [2.24, 2.45) is 0 Å². The van der Waals surface area contributed by atoms with Crippen molar-refractivity contribution >= 4 is 21.6 Å². The molecule has 0 amide bonds. The molecule has 1 heterocycles. The molecule has 1 fully saturated rings. The molecule has 2 rings (SSSR count). The van der Waals surface area contributed by atoms with Gasteiger partial charge in [-0.15, -0.1) is 0 Å². The van der Waals surface area contributed by atoms with E-state index in [4.69, 9.17) is 16.3 Å². The summed E-state index contributed by atoms with van der Waals surface area (Å²) in [6, 6.07) is 4.37. The second-order valence-electron chi connectivity index (χ2n) is 4.99. The van der Waals surface area contributed by atoms with Crippen LogP contribution in [-0.2, 0) is 21.4 Å². The molecule has 112 valence electrons. The maximum absolute atomic E-state index is 12.6. The van der Waals surface area contributed by atoms with Gasteiger partial charge < -0.3 is 9.84 Å². The van der Waals surface area contributed by atoms with E-state index in [0.717, 1.165) is 0 Å². The van der Waals surface area contributed by atoms with Gasteiger partial charge in [0.2, 0.25) is 10.0 Å². The number of hydrogen-bond donors (Lipinski definition) is 1. The summed E-state index contributed by atoms with van der Waals surface area (Å²) in [6.45, 7) is 4.05. The molecule has 0 radical (unpaired) electrons. The van der Waals surface area contributed by atoms with Gasteiger partial charge in [-0.3, -0.25) is 0 Å². The summed E-state index contributed by atoms with van der Waals surface area (Å²) in [5.41, 5.74) is 0.405. The van der Waals surface area contributed by atoms with Gasteiger partial charge in [0.05, 0.1) is 23.7 Å². The zero-order valence-corrected chi connectivity index (χ0v) is 13.0. The Balaban J connectivity index is 2.34. The second kappa shape index (κ2) is 5.99. The highest BCUT2D eigenvalue weighted by Crippen LogP contribution is 2.25. The van der Waals surface area contributed by atoms with Crippen molar-refractivity contribution in [1.29, 1.82) is 0 Å². The van der Waals surface area contributed by atoms with Crippen LogP contribution in [0.3, 0.4) is 0 Å². The van der Waals surface area contributed by atoms with Crippen LogP contribution in [0.4, 0.5) is 0 Å². The predicted molar refractivity (Wildman–Crippen MR) is 76.1 cm³/mol. The number of rotatable bonds is 3. The van der Waals surface area contributed by atoms with Crippen molar-refractivity contribution in [3.63, 3.8) is 0 Å². The van der Waals surface area contributed by atoms with E-state index in [0.29, 0.717) is 23.7 Å². The van der Waals surface area contributed by atoms with Crippen molar-refractivity contribution < 1.29 is 18.3 Å². The molecule has 20 heavy (non-hydrogen) atoms. The average Bonchev–Trinajstić information content (AvgIpc) is 2.37. The lowest BCUT2D eigenvalue weighted by Crippen LogP contribution is -2.48. The standard InChI is InChI=1S/C13H18ClNO4S/c1-9-6-15(7-10(2)19-9)20(17,18)12-3-4-13(14)11(5-12)8-16/h3-5,9-10,16H,6-8H2,1-2H3. The van der Waals surface area contributed by atoms with Crippen LogP contribution in [-0.4, -0.2) is 43.1 Å². The lowest BCUT2D eigenvalue weighted by molar-refractivity contribution is -0.0440. The lowest BCUT2D eigenvalue weighted by atomic mass is 10.2. The van der Waals surface area contributed by atoms with Crippen LogP contribution >= 0.6 is 11.6 Å². The molecule has 5 nitrogen and oxygen atoms in total. The normalized spacial score (nSPS) is 24.8.